The quantitative estimate of drug-likeness (QED) is 0.223. The maximum absolute atomic E-state index is 12.9. The molecular formula is C33H41N7O4. The van der Waals surface area contributed by atoms with Gasteiger partial charge in [0, 0.05) is 44.7 Å². The van der Waals surface area contributed by atoms with Gasteiger partial charge >= 0.3 is 6.09 Å². The predicted molar refractivity (Wildman–Crippen MR) is 170 cm³/mol. The lowest BCUT2D eigenvalue weighted by atomic mass is 9.96. The number of benzene rings is 2. The third kappa shape index (κ3) is 7.83. The van der Waals surface area contributed by atoms with Gasteiger partial charge in [0.1, 0.15) is 18.8 Å². The number of imidazole rings is 1. The lowest BCUT2D eigenvalue weighted by molar-refractivity contribution is -0.121. The molecule has 0 saturated carbocycles. The fraction of sp³-hybridized carbons (Fsp3) is 0.424. The van der Waals surface area contributed by atoms with Crippen molar-refractivity contribution < 1.29 is 14.3 Å². The van der Waals surface area contributed by atoms with Crippen molar-refractivity contribution in [3.63, 3.8) is 0 Å². The van der Waals surface area contributed by atoms with Crippen LogP contribution >= 0.6 is 0 Å². The molecule has 0 atom stereocenters. The molecule has 0 aliphatic carbocycles. The third-order valence-electron chi connectivity index (χ3n) is 8.06. The van der Waals surface area contributed by atoms with Gasteiger partial charge in [0.25, 0.3) is 5.56 Å². The van der Waals surface area contributed by atoms with Crippen LogP contribution in [0.3, 0.4) is 0 Å². The molecule has 5 rings (SSSR count). The van der Waals surface area contributed by atoms with Gasteiger partial charge in [0.15, 0.2) is 11.2 Å². The molecule has 0 radical (unpaired) electrons. The molecule has 11 heteroatoms. The van der Waals surface area contributed by atoms with Crippen LogP contribution in [0.4, 0.5) is 10.5 Å². The van der Waals surface area contributed by atoms with Crippen LogP contribution < -0.4 is 15.9 Å². The van der Waals surface area contributed by atoms with Crippen LogP contribution in [-0.4, -0.2) is 63.2 Å². The number of amides is 2. The molecule has 44 heavy (non-hydrogen) atoms. The summed E-state index contributed by atoms with van der Waals surface area (Å²) in [5.74, 6) is 0.316. The molecule has 1 saturated heterocycles. The fourth-order valence-electron chi connectivity index (χ4n) is 5.43. The average Bonchev–Trinajstić information content (AvgIpc) is 3.48. The minimum absolute atomic E-state index is 0.0569. The Bertz CT molecular complexity index is 1590. The van der Waals surface area contributed by atoms with Crippen LogP contribution in [0.1, 0.15) is 62.4 Å². The molecule has 1 aliphatic heterocycles. The summed E-state index contributed by atoms with van der Waals surface area (Å²) in [6, 6.07) is 17.1. The van der Waals surface area contributed by atoms with E-state index in [4.69, 9.17) is 9.72 Å². The smallest absolute Gasteiger partial charge is 0.410 e. The second-order valence-corrected chi connectivity index (χ2v) is 11.4. The first kappa shape index (κ1) is 30.8. The Morgan fingerprint density at radius 3 is 2.50 bits per heavy atom. The molecule has 0 spiro atoms. The second-order valence-electron chi connectivity index (χ2n) is 11.4. The lowest BCUT2D eigenvalue weighted by Gasteiger charge is -2.30. The number of anilines is 1. The van der Waals surface area contributed by atoms with Crippen LogP contribution in [0.15, 0.2) is 65.7 Å². The zero-order chi connectivity index (χ0) is 30.9. The average molecular weight is 600 g/mol. The van der Waals surface area contributed by atoms with Crippen molar-refractivity contribution in [1.29, 1.82) is 0 Å². The summed E-state index contributed by atoms with van der Waals surface area (Å²) in [6.45, 7) is 4.23. The summed E-state index contributed by atoms with van der Waals surface area (Å²) in [6.07, 6.45) is 7.50. The highest BCUT2D eigenvalue weighted by molar-refractivity contribution is 5.92. The third-order valence-corrected chi connectivity index (χ3v) is 8.06. The summed E-state index contributed by atoms with van der Waals surface area (Å²) >= 11 is 0. The van der Waals surface area contributed by atoms with Crippen LogP contribution in [0.2, 0.25) is 0 Å². The molecule has 2 aromatic carbocycles. The molecule has 0 bridgehead atoms. The van der Waals surface area contributed by atoms with Gasteiger partial charge in [0.05, 0.1) is 0 Å². The highest BCUT2D eigenvalue weighted by Crippen LogP contribution is 2.21. The van der Waals surface area contributed by atoms with E-state index in [9.17, 15) is 14.4 Å². The maximum atomic E-state index is 12.9. The van der Waals surface area contributed by atoms with Crippen molar-refractivity contribution in [2.75, 3.05) is 37.0 Å². The normalized spacial score (nSPS) is 13.6. The van der Waals surface area contributed by atoms with Crippen LogP contribution in [0.5, 0.6) is 0 Å². The number of piperidine rings is 1. The minimum Gasteiger partial charge on any atom is -0.445 e. The largest absolute Gasteiger partial charge is 0.445 e. The number of unbranched alkanes of at least 4 members (excludes halogenated alkanes) is 3. The molecular weight excluding hydrogens is 558 g/mol. The molecule has 1 fully saturated rings. The van der Waals surface area contributed by atoms with E-state index in [1.807, 2.05) is 71.3 Å². The Kier molecular flexibility index (Phi) is 10.3. The zero-order valence-corrected chi connectivity index (χ0v) is 25.5. The number of likely N-dealkylation sites (tertiary alicyclic amines) is 1. The van der Waals surface area contributed by atoms with E-state index in [0.717, 1.165) is 30.5 Å². The van der Waals surface area contributed by atoms with E-state index >= 15 is 0 Å². The van der Waals surface area contributed by atoms with Gasteiger partial charge in [-0.3, -0.25) is 9.59 Å². The van der Waals surface area contributed by atoms with E-state index in [-0.39, 0.29) is 30.1 Å². The van der Waals surface area contributed by atoms with Crippen molar-refractivity contribution in [2.24, 2.45) is 5.92 Å². The van der Waals surface area contributed by atoms with E-state index in [0.29, 0.717) is 55.0 Å². The Labute approximate surface area is 257 Å². The molecule has 11 nitrogen and oxygen atoms in total. The Balaban J connectivity index is 1.12. The van der Waals surface area contributed by atoms with Crippen molar-refractivity contribution in [3.05, 3.63) is 88.2 Å². The zero-order valence-electron chi connectivity index (χ0n) is 25.5. The van der Waals surface area contributed by atoms with Gasteiger partial charge in [-0.25, -0.2) is 19.4 Å². The van der Waals surface area contributed by atoms with Crippen molar-refractivity contribution in [1.82, 2.24) is 24.5 Å². The van der Waals surface area contributed by atoms with E-state index < -0.39 is 0 Å². The summed E-state index contributed by atoms with van der Waals surface area (Å²) in [4.78, 5) is 51.7. The Morgan fingerprint density at radius 2 is 1.77 bits per heavy atom. The summed E-state index contributed by atoms with van der Waals surface area (Å²) in [5.41, 5.74) is 3.19. The number of aromatic nitrogens is 4. The fourth-order valence-corrected chi connectivity index (χ4v) is 5.43. The Hall–Kier alpha value is -4.67. The minimum atomic E-state index is -0.350. The number of H-pyrrole nitrogens is 1. The highest BCUT2D eigenvalue weighted by Gasteiger charge is 2.28. The van der Waals surface area contributed by atoms with E-state index in [1.54, 1.807) is 11.2 Å². The van der Waals surface area contributed by atoms with Gasteiger partial charge in [-0.2, -0.15) is 0 Å². The molecule has 3 heterocycles. The molecule has 2 amide bonds. The van der Waals surface area contributed by atoms with Crippen LogP contribution in [0, 0.1) is 5.92 Å². The van der Waals surface area contributed by atoms with Gasteiger partial charge in [-0.1, -0.05) is 68.7 Å². The summed E-state index contributed by atoms with van der Waals surface area (Å²) < 4.78 is 7.27. The summed E-state index contributed by atoms with van der Waals surface area (Å²) in [7, 11) is 1.98. The number of carbonyl (C=O) groups is 2. The number of hydrogen-bond acceptors (Lipinski definition) is 7. The van der Waals surface area contributed by atoms with Crippen LogP contribution in [-0.2, 0) is 22.6 Å². The number of carbonyl (C=O) groups excluding carboxylic acids is 2. The molecule has 1 aliphatic rings. The summed E-state index contributed by atoms with van der Waals surface area (Å²) in [5, 5.41) is 5.05. The molecule has 2 N–H and O–H groups in total. The van der Waals surface area contributed by atoms with Gasteiger partial charge in [-0.05, 0) is 42.5 Å². The number of nitrogens with one attached hydrogen (secondary N) is 2. The number of ether oxygens (including phenoxy) is 1. The first-order valence-electron chi connectivity index (χ1n) is 15.4. The number of fused-ring (bicyclic) bond motifs is 1. The highest BCUT2D eigenvalue weighted by atomic mass is 16.6. The molecule has 0 unspecified atom stereocenters. The number of rotatable bonds is 12. The predicted octanol–water partition coefficient (Wildman–Crippen LogP) is 4.85. The monoisotopic (exact) mass is 599 g/mol. The standard InChI is InChI=1S/C33H41N7O4/c1-3-4-5-9-18-38(2)40-23-34-29-30(40)36-28(37-32(29)42)21-24-12-14-27(15-13-24)35-31(41)26-16-19-39(20-17-26)33(43)44-22-25-10-7-6-8-11-25/h6-8,10-15,23,26H,3-5,9,16-22H2,1-2H3,(H,35,41)(H,36,37,42). The van der Waals surface area contributed by atoms with Crippen molar-refractivity contribution >= 4 is 28.9 Å². The van der Waals surface area contributed by atoms with Gasteiger partial charge < -0.3 is 24.9 Å². The molecule has 2 aromatic heterocycles. The van der Waals surface area contributed by atoms with Crippen LogP contribution in [0.25, 0.3) is 11.2 Å². The van der Waals surface area contributed by atoms with E-state index in [2.05, 4.69) is 22.2 Å². The second kappa shape index (κ2) is 14.7. The number of aromatic amines is 1. The Morgan fingerprint density at radius 1 is 1.02 bits per heavy atom. The van der Waals surface area contributed by atoms with E-state index in [1.165, 1.54) is 12.8 Å². The van der Waals surface area contributed by atoms with Gasteiger partial charge in [0.2, 0.25) is 5.91 Å². The molecule has 232 valence electrons. The van der Waals surface area contributed by atoms with Crippen molar-refractivity contribution in [3.8, 4) is 0 Å². The maximum Gasteiger partial charge on any atom is 0.410 e. The number of hydrogen-bond donors (Lipinski definition) is 2. The number of nitrogens with zero attached hydrogens (tertiary/aromatic N) is 5. The lowest BCUT2D eigenvalue weighted by Crippen LogP contribution is -2.41. The van der Waals surface area contributed by atoms with Gasteiger partial charge in [-0.15, -0.1) is 0 Å². The first-order chi connectivity index (χ1) is 21.4. The first-order valence-corrected chi connectivity index (χ1v) is 15.4. The van der Waals surface area contributed by atoms with Crippen molar-refractivity contribution in [2.45, 2.75) is 58.5 Å². The molecule has 4 aromatic rings. The SMILES string of the molecule is CCCCCCN(C)n1cnc2c(=O)[nH]c(Cc3ccc(NC(=O)C4CCN(C(=O)OCc5ccccc5)CC4)cc3)nc21. The topological polar surface area (TPSA) is 125 Å².